The van der Waals surface area contributed by atoms with Gasteiger partial charge in [0.1, 0.15) is 11.5 Å². The maximum Gasteiger partial charge on any atom is 0.358 e. The first-order valence-corrected chi connectivity index (χ1v) is 6.44. The molecule has 0 radical (unpaired) electrons. The minimum absolute atomic E-state index is 0.0896. The van der Waals surface area contributed by atoms with E-state index in [1.165, 1.54) is 22.6 Å². The lowest BCUT2D eigenvalue weighted by atomic mass is 10.3. The van der Waals surface area contributed by atoms with Crippen molar-refractivity contribution in [2.24, 2.45) is 10.2 Å². The number of hydrogen-bond donors (Lipinski definition) is 1. The van der Waals surface area contributed by atoms with E-state index in [1.54, 1.807) is 18.3 Å². The van der Waals surface area contributed by atoms with Crippen molar-refractivity contribution in [1.82, 2.24) is 9.38 Å². The Balaban J connectivity index is 2.12. The molecule has 0 aliphatic rings. The largest absolute Gasteiger partial charge is 0.476 e. The standard InChI is InChI=1S/C15H11FN4O2/c1-9-5-6-20-12(7-9)17-13(15(21)22)14(20)19-18-11-4-2-3-10(16)8-11/h2-8H,1H3,(H,21,22). The highest BCUT2D eigenvalue weighted by Crippen LogP contribution is 2.25. The highest BCUT2D eigenvalue weighted by atomic mass is 19.1. The number of imidazole rings is 1. The molecule has 6 nitrogen and oxygen atoms in total. The van der Waals surface area contributed by atoms with Crippen molar-refractivity contribution in [3.63, 3.8) is 0 Å². The Labute approximate surface area is 124 Å². The highest BCUT2D eigenvalue weighted by Gasteiger charge is 2.18. The average molecular weight is 298 g/mol. The lowest BCUT2D eigenvalue weighted by Crippen LogP contribution is -1.96. The van der Waals surface area contributed by atoms with Gasteiger partial charge in [-0.2, -0.15) is 0 Å². The van der Waals surface area contributed by atoms with Gasteiger partial charge in [-0.05, 0) is 36.8 Å². The number of aryl methyl sites for hydroxylation is 1. The summed E-state index contributed by atoms with van der Waals surface area (Å²) in [4.78, 5) is 15.3. The Hall–Kier alpha value is -3.09. The Morgan fingerprint density at radius 3 is 2.82 bits per heavy atom. The highest BCUT2D eigenvalue weighted by molar-refractivity contribution is 5.91. The maximum atomic E-state index is 13.1. The summed E-state index contributed by atoms with van der Waals surface area (Å²) < 4.78 is 14.7. The van der Waals surface area contributed by atoms with E-state index in [0.717, 1.165) is 5.56 Å². The summed E-state index contributed by atoms with van der Waals surface area (Å²) in [5.74, 6) is -1.55. The maximum absolute atomic E-state index is 13.1. The van der Waals surface area contributed by atoms with Crippen LogP contribution in [-0.2, 0) is 0 Å². The molecule has 2 aromatic heterocycles. The molecule has 0 saturated heterocycles. The van der Waals surface area contributed by atoms with Crippen LogP contribution in [0, 0.1) is 12.7 Å². The second-order valence-corrected chi connectivity index (χ2v) is 4.70. The van der Waals surface area contributed by atoms with Crippen LogP contribution in [0.3, 0.4) is 0 Å². The number of nitrogens with zero attached hydrogens (tertiary/aromatic N) is 4. The van der Waals surface area contributed by atoms with Crippen LogP contribution in [0.15, 0.2) is 52.8 Å². The molecule has 1 N–H and O–H groups in total. The summed E-state index contributed by atoms with van der Waals surface area (Å²) in [6.07, 6.45) is 1.67. The van der Waals surface area contributed by atoms with E-state index < -0.39 is 11.8 Å². The number of aromatic nitrogens is 2. The number of rotatable bonds is 3. The summed E-state index contributed by atoms with van der Waals surface area (Å²) in [6, 6.07) is 9.12. The molecule has 2 heterocycles. The van der Waals surface area contributed by atoms with Gasteiger partial charge in [-0.3, -0.25) is 4.40 Å². The van der Waals surface area contributed by atoms with Crippen LogP contribution in [0.2, 0.25) is 0 Å². The van der Waals surface area contributed by atoms with E-state index >= 15 is 0 Å². The fourth-order valence-electron chi connectivity index (χ4n) is 2.02. The second-order valence-electron chi connectivity index (χ2n) is 4.70. The second kappa shape index (κ2) is 5.36. The molecular weight excluding hydrogens is 287 g/mol. The Morgan fingerprint density at radius 1 is 1.27 bits per heavy atom. The van der Waals surface area contributed by atoms with Crippen LogP contribution >= 0.6 is 0 Å². The summed E-state index contributed by atoms with van der Waals surface area (Å²) in [6.45, 7) is 1.88. The van der Waals surface area contributed by atoms with Crippen molar-refractivity contribution in [2.75, 3.05) is 0 Å². The Morgan fingerprint density at radius 2 is 2.09 bits per heavy atom. The van der Waals surface area contributed by atoms with Gasteiger partial charge in [0.25, 0.3) is 0 Å². The molecule has 1 aromatic carbocycles. The molecular formula is C15H11FN4O2. The van der Waals surface area contributed by atoms with Gasteiger partial charge in [0.15, 0.2) is 11.5 Å². The smallest absolute Gasteiger partial charge is 0.358 e. The lowest BCUT2D eigenvalue weighted by Gasteiger charge is -1.97. The summed E-state index contributed by atoms with van der Waals surface area (Å²) >= 11 is 0. The molecule has 0 atom stereocenters. The molecule has 0 bridgehead atoms. The Bertz CT molecular complexity index is 902. The number of pyridine rings is 1. The van der Waals surface area contributed by atoms with Crippen molar-refractivity contribution in [1.29, 1.82) is 0 Å². The number of carboxylic acid groups (broad SMARTS) is 1. The predicted molar refractivity (Wildman–Crippen MR) is 77.5 cm³/mol. The predicted octanol–water partition coefficient (Wildman–Crippen LogP) is 3.90. The van der Waals surface area contributed by atoms with E-state index in [2.05, 4.69) is 15.2 Å². The molecule has 0 fully saturated rings. The van der Waals surface area contributed by atoms with Gasteiger partial charge in [0.2, 0.25) is 0 Å². The number of hydrogen-bond acceptors (Lipinski definition) is 4. The first-order valence-electron chi connectivity index (χ1n) is 6.44. The van der Waals surface area contributed by atoms with Gasteiger partial charge >= 0.3 is 5.97 Å². The van der Waals surface area contributed by atoms with E-state index in [1.807, 2.05) is 13.0 Å². The number of benzene rings is 1. The summed E-state index contributed by atoms with van der Waals surface area (Å²) in [7, 11) is 0. The zero-order valence-electron chi connectivity index (χ0n) is 11.6. The number of aromatic carboxylic acids is 1. The lowest BCUT2D eigenvalue weighted by molar-refractivity contribution is 0.0692. The van der Waals surface area contributed by atoms with E-state index in [9.17, 15) is 14.3 Å². The molecule has 22 heavy (non-hydrogen) atoms. The molecule has 0 amide bonds. The van der Waals surface area contributed by atoms with E-state index in [-0.39, 0.29) is 11.5 Å². The number of carboxylic acids is 1. The van der Waals surface area contributed by atoms with Gasteiger partial charge in [-0.15, -0.1) is 10.2 Å². The Kier molecular flexibility index (Phi) is 3.38. The first-order chi connectivity index (χ1) is 10.5. The first kappa shape index (κ1) is 13.9. The average Bonchev–Trinajstić information content (AvgIpc) is 2.83. The topological polar surface area (TPSA) is 79.3 Å². The molecule has 0 aliphatic carbocycles. The molecule has 0 aliphatic heterocycles. The normalized spacial score (nSPS) is 11.4. The monoisotopic (exact) mass is 298 g/mol. The molecule has 110 valence electrons. The van der Waals surface area contributed by atoms with Gasteiger partial charge in [-0.25, -0.2) is 14.2 Å². The summed E-state index contributed by atoms with van der Waals surface area (Å²) in [5.41, 5.74) is 1.50. The van der Waals surface area contributed by atoms with Crippen molar-refractivity contribution < 1.29 is 14.3 Å². The fourth-order valence-corrected chi connectivity index (χ4v) is 2.02. The van der Waals surface area contributed by atoms with Crippen molar-refractivity contribution in [3.05, 3.63) is 59.7 Å². The number of fused-ring (bicyclic) bond motifs is 1. The number of halogens is 1. The van der Waals surface area contributed by atoms with Crippen molar-refractivity contribution >= 4 is 23.1 Å². The third-order valence-electron chi connectivity index (χ3n) is 3.03. The van der Waals surface area contributed by atoms with Crippen LogP contribution in [0.25, 0.3) is 5.65 Å². The molecule has 7 heteroatoms. The molecule has 0 unspecified atom stereocenters. The molecule has 3 rings (SSSR count). The van der Waals surface area contributed by atoms with Crippen LogP contribution in [-0.4, -0.2) is 20.5 Å². The van der Waals surface area contributed by atoms with Gasteiger partial charge in [0.05, 0.1) is 5.69 Å². The van der Waals surface area contributed by atoms with Crippen LogP contribution in [0.5, 0.6) is 0 Å². The van der Waals surface area contributed by atoms with E-state index in [4.69, 9.17) is 0 Å². The SMILES string of the molecule is Cc1ccn2c(N=Nc3cccc(F)c3)c(C(=O)O)nc2c1. The fraction of sp³-hybridized carbons (Fsp3) is 0.0667. The summed E-state index contributed by atoms with van der Waals surface area (Å²) in [5, 5.41) is 17.1. The van der Waals surface area contributed by atoms with Gasteiger partial charge in [0, 0.05) is 12.3 Å². The van der Waals surface area contributed by atoms with Crippen LogP contribution in [0.4, 0.5) is 15.9 Å². The van der Waals surface area contributed by atoms with E-state index in [0.29, 0.717) is 11.3 Å². The molecule has 0 spiro atoms. The number of azo groups is 1. The molecule has 0 saturated carbocycles. The van der Waals surface area contributed by atoms with Crippen LogP contribution in [0.1, 0.15) is 16.1 Å². The quantitative estimate of drug-likeness (QED) is 0.745. The third-order valence-corrected chi connectivity index (χ3v) is 3.03. The van der Waals surface area contributed by atoms with Crippen molar-refractivity contribution in [2.45, 2.75) is 6.92 Å². The van der Waals surface area contributed by atoms with Crippen LogP contribution < -0.4 is 0 Å². The minimum Gasteiger partial charge on any atom is -0.476 e. The van der Waals surface area contributed by atoms with Gasteiger partial charge < -0.3 is 5.11 Å². The zero-order chi connectivity index (χ0) is 15.7. The van der Waals surface area contributed by atoms with Gasteiger partial charge in [-0.1, -0.05) is 6.07 Å². The minimum atomic E-state index is -1.20. The number of carbonyl (C=O) groups is 1. The molecule has 3 aromatic rings. The van der Waals surface area contributed by atoms with Crippen molar-refractivity contribution in [3.8, 4) is 0 Å². The zero-order valence-corrected chi connectivity index (χ0v) is 11.6. The third kappa shape index (κ3) is 2.56.